The van der Waals surface area contributed by atoms with Gasteiger partial charge in [0.25, 0.3) is 0 Å². The minimum absolute atomic E-state index is 0.730. The van der Waals surface area contributed by atoms with Gasteiger partial charge in [0.05, 0.1) is 21.5 Å². The third-order valence-electron chi connectivity index (χ3n) is 2.39. The molecule has 0 unspecified atom stereocenters. The van der Waals surface area contributed by atoms with Gasteiger partial charge in [0.1, 0.15) is 0 Å². The minimum atomic E-state index is 0.730. The van der Waals surface area contributed by atoms with Gasteiger partial charge in [-0.3, -0.25) is 0 Å². The summed E-state index contributed by atoms with van der Waals surface area (Å²) in [6.45, 7) is 0.730. The zero-order valence-electron chi connectivity index (χ0n) is 9.44. The molecule has 0 saturated carbocycles. The Kier molecular flexibility index (Phi) is 6.00. The van der Waals surface area contributed by atoms with E-state index in [1.165, 1.54) is 9.21 Å². The smallest absolute Gasteiger partial charge is 0.167 e. The average molecular weight is 440 g/mol. The van der Waals surface area contributed by atoms with Gasteiger partial charge in [-0.1, -0.05) is 33.2 Å². The molecule has 2 aromatic rings. The predicted octanol–water partition coefficient (Wildman–Crippen LogP) is 5.05. The van der Waals surface area contributed by atoms with E-state index < -0.39 is 0 Å². The second kappa shape index (κ2) is 7.52. The van der Waals surface area contributed by atoms with E-state index in [4.69, 9.17) is 8.71 Å². The first-order chi connectivity index (χ1) is 8.79. The van der Waals surface area contributed by atoms with Crippen LogP contribution in [0, 0.1) is 0 Å². The van der Waals surface area contributed by atoms with Crippen molar-refractivity contribution >= 4 is 46.3 Å². The van der Waals surface area contributed by atoms with Gasteiger partial charge in [-0.2, -0.15) is 0 Å². The van der Waals surface area contributed by atoms with E-state index in [1.807, 2.05) is 30.3 Å². The lowest BCUT2D eigenvalue weighted by atomic mass is 10.1. The number of benzene rings is 1. The third-order valence-corrected chi connectivity index (χ3v) is 3.94. The zero-order chi connectivity index (χ0) is 12.8. The van der Waals surface area contributed by atoms with Crippen LogP contribution >= 0.6 is 46.3 Å². The molecule has 6 heteroatoms. The Morgan fingerprint density at radius 2 is 2.11 bits per heavy atom. The molecule has 0 radical (unpaired) electrons. The Hall–Kier alpha value is -0.0500. The van der Waals surface area contributed by atoms with Crippen molar-refractivity contribution in [2.24, 2.45) is 0 Å². The first kappa shape index (κ1) is 14.4. The number of rotatable bonds is 6. The number of aryl methyl sites for hydroxylation is 1. The van der Waals surface area contributed by atoms with Gasteiger partial charge in [0.2, 0.25) is 0 Å². The van der Waals surface area contributed by atoms with Gasteiger partial charge in [-0.05, 0) is 25.0 Å². The van der Waals surface area contributed by atoms with E-state index in [0.29, 0.717) is 0 Å². The maximum atomic E-state index is 5.33. The lowest BCUT2D eigenvalue weighted by Gasteiger charge is -1.95. The minimum Gasteiger partial charge on any atom is -0.356 e. The van der Waals surface area contributed by atoms with Crippen LogP contribution in [0.4, 0.5) is 0 Å². The fourth-order valence-corrected chi connectivity index (χ4v) is 2.51. The summed E-state index contributed by atoms with van der Waals surface area (Å²) < 4.78 is 11.6. The summed E-state index contributed by atoms with van der Waals surface area (Å²) in [6, 6.07) is 9.97. The molecule has 18 heavy (non-hydrogen) atoms. The van der Waals surface area contributed by atoms with E-state index in [-0.39, 0.29) is 0 Å². The van der Waals surface area contributed by atoms with Crippen LogP contribution < -0.4 is 0 Å². The molecule has 0 aliphatic rings. The first-order valence-electron chi connectivity index (χ1n) is 5.41. The standard InChI is InChI=1S/C12H11BrINO2S/c13-10-5-3-9(4-6-10)12-8-11(15-17-12)2-1-7-16-18-14/h3-6,8H,1-2,7H2. The third kappa shape index (κ3) is 4.25. The van der Waals surface area contributed by atoms with Crippen LogP contribution in [0.3, 0.4) is 0 Å². The molecule has 0 atom stereocenters. The normalized spacial score (nSPS) is 10.8. The van der Waals surface area contributed by atoms with E-state index >= 15 is 0 Å². The molecular weight excluding hydrogens is 429 g/mol. The number of halogens is 2. The molecule has 0 aliphatic carbocycles. The number of hydrogen-bond donors (Lipinski definition) is 0. The first-order valence-corrected chi connectivity index (χ1v) is 9.49. The van der Waals surface area contributed by atoms with Crippen LogP contribution in [0.2, 0.25) is 0 Å². The average Bonchev–Trinajstić information content (AvgIpc) is 2.84. The molecule has 0 bridgehead atoms. The summed E-state index contributed by atoms with van der Waals surface area (Å²) in [5, 5.41) is 4.06. The van der Waals surface area contributed by atoms with Crippen molar-refractivity contribution in [2.75, 3.05) is 6.61 Å². The summed E-state index contributed by atoms with van der Waals surface area (Å²) >= 11 is 5.52. The van der Waals surface area contributed by atoms with E-state index in [1.54, 1.807) is 0 Å². The van der Waals surface area contributed by atoms with Crippen molar-refractivity contribution < 1.29 is 8.71 Å². The molecule has 0 saturated heterocycles. The molecule has 0 spiro atoms. The van der Waals surface area contributed by atoms with Gasteiger partial charge in [-0.25, -0.2) is 0 Å². The summed E-state index contributed by atoms with van der Waals surface area (Å²) in [5.41, 5.74) is 2.01. The lowest BCUT2D eigenvalue weighted by molar-refractivity contribution is 0.366. The van der Waals surface area contributed by atoms with Crippen molar-refractivity contribution in [1.82, 2.24) is 5.16 Å². The fraction of sp³-hybridized carbons (Fsp3) is 0.250. The molecule has 1 heterocycles. The maximum absolute atomic E-state index is 5.33. The van der Waals surface area contributed by atoms with Crippen LogP contribution in [0.5, 0.6) is 0 Å². The van der Waals surface area contributed by atoms with Crippen molar-refractivity contribution in [2.45, 2.75) is 12.8 Å². The van der Waals surface area contributed by atoms with Crippen molar-refractivity contribution in [3.05, 3.63) is 40.5 Å². The summed E-state index contributed by atoms with van der Waals surface area (Å²) in [4.78, 5) is 0. The van der Waals surface area contributed by atoms with Crippen LogP contribution in [0.1, 0.15) is 12.1 Å². The topological polar surface area (TPSA) is 35.3 Å². The van der Waals surface area contributed by atoms with Gasteiger partial charge < -0.3 is 8.71 Å². The predicted molar refractivity (Wildman–Crippen MR) is 85.5 cm³/mol. The Morgan fingerprint density at radius 1 is 1.33 bits per heavy atom. The Labute approximate surface area is 131 Å². The zero-order valence-corrected chi connectivity index (χ0v) is 14.0. The molecule has 1 aromatic carbocycles. The highest BCUT2D eigenvalue weighted by atomic mass is 127. The Bertz CT molecular complexity index is 489. The van der Waals surface area contributed by atoms with Gasteiger partial charge in [0.15, 0.2) is 5.76 Å². The molecule has 3 nitrogen and oxygen atoms in total. The number of nitrogens with zero attached hydrogens (tertiary/aromatic N) is 1. The molecular formula is C12H11BrINO2S. The fourth-order valence-electron chi connectivity index (χ4n) is 1.52. The van der Waals surface area contributed by atoms with Crippen molar-refractivity contribution in [1.29, 1.82) is 0 Å². The van der Waals surface area contributed by atoms with Crippen LogP contribution in [-0.4, -0.2) is 11.8 Å². The van der Waals surface area contributed by atoms with Crippen molar-refractivity contribution in [3.8, 4) is 11.3 Å². The summed E-state index contributed by atoms with van der Waals surface area (Å²) in [7, 11) is 1.36. The monoisotopic (exact) mass is 439 g/mol. The van der Waals surface area contributed by atoms with Crippen molar-refractivity contribution in [3.63, 3.8) is 0 Å². The van der Waals surface area contributed by atoms with E-state index in [0.717, 1.165) is 40.9 Å². The molecule has 96 valence electrons. The largest absolute Gasteiger partial charge is 0.356 e. The quantitative estimate of drug-likeness (QED) is 0.358. The molecule has 2 rings (SSSR count). The molecule has 0 fully saturated rings. The maximum Gasteiger partial charge on any atom is 0.167 e. The van der Waals surface area contributed by atoms with Gasteiger partial charge in [-0.15, -0.1) is 0 Å². The summed E-state index contributed by atoms with van der Waals surface area (Å²) in [5.74, 6) is 0.807. The Morgan fingerprint density at radius 3 is 2.83 bits per heavy atom. The summed E-state index contributed by atoms with van der Waals surface area (Å²) in [6.07, 6.45) is 1.82. The highest BCUT2D eigenvalue weighted by Crippen LogP contribution is 2.23. The van der Waals surface area contributed by atoms with Crippen LogP contribution in [0.15, 0.2) is 39.3 Å². The second-order valence-corrected chi connectivity index (χ2v) is 6.03. The highest BCUT2D eigenvalue weighted by molar-refractivity contribution is 14.2. The molecule has 1 aromatic heterocycles. The highest BCUT2D eigenvalue weighted by Gasteiger charge is 2.06. The molecule has 0 aliphatic heterocycles. The number of aromatic nitrogens is 1. The van der Waals surface area contributed by atoms with E-state index in [2.05, 4.69) is 42.3 Å². The second-order valence-electron chi connectivity index (χ2n) is 3.68. The van der Waals surface area contributed by atoms with Crippen LogP contribution in [0.25, 0.3) is 11.3 Å². The van der Waals surface area contributed by atoms with E-state index in [9.17, 15) is 0 Å². The Balaban J connectivity index is 1.95. The van der Waals surface area contributed by atoms with Crippen LogP contribution in [-0.2, 0) is 10.6 Å². The molecule has 0 N–H and O–H groups in total. The van der Waals surface area contributed by atoms with Gasteiger partial charge in [0, 0.05) is 37.3 Å². The molecule has 0 amide bonds. The van der Waals surface area contributed by atoms with Gasteiger partial charge >= 0.3 is 0 Å². The lowest BCUT2D eigenvalue weighted by Crippen LogP contribution is -1.90. The SMILES string of the molecule is Brc1ccc(-c2cc(CCCOSI)no2)cc1. The number of hydrogen-bond acceptors (Lipinski definition) is 4.